The van der Waals surface area contributed by atoms with E-state index in [4.69, 9.17) is 9.47 Å². The molecule has 25 heavy (non-hydrogen) atoms. The number of H-pyrrole nitrogens is 1. The van der Waals surface area contributed by atoms with Crippen molar-refractivity contribution >= 4 is 11.5 Å². The molecule has 1 N–H and O–H groups in total. The third-order valence-corrected chi connectivity index (χ3v) is 4.24. The Kier molecular flexibility index (Phi) is 3.85. The maximum Gasteiger partial charge on any atom is 0.358 e. The monoisotopic (exact) mass is 339 g/mol. The molecule has 128 valence electrons. The quantitative estimate of drug-likeness (QED) is 0.737. The molecule has 7 heteroatoms. The van der Waals surface area contributed by atoms with E-state index < -0.39 is 5.97 Å². The van der Waals surface area contributed by atoms with Crippen LogP contribution in [0.1, 0.15) is 28.5 Å². The molecule has 0 radical (unpaired) electrons. The Morgan fingerprint density at radius 2 is 2.24 bits per heavy atom. The SMILES string of the molecule is CCOC(=O)c1cc2c(=O)[nH]c(-c3ccc4c(c3)COCC4)cn2n1. The van der Waals surface area contributed by atoms with Crippen LogP contribution in [0.4, 0.5) is 0 Å². The number of hydrogen-bond donors (Lipinski definition) is 1. The number of hydrogen-bond acceptors (Lipinski definition) is 5. The summed E-state index contributed by atoms with van der Waals surface area (Å²) in [6.45, 7) is 3.29. The zero-order valence-electron chi connectivity index (χ0n) is 13.7. The van der Waals surface area contributed by atoms with Crippen LogP contribution in [0.2, 0.25) is 0 Å². The number of aromatic nitrogens is 3. The Morgan fingerprint density at radius 1 is 1.36 bits per heavy atom. The van der Waals surface area contributed by atoms with Crippen LogP contribution in [-0.4, -0.2) is 33.8 Å². The minimum atomic E-state index is -0.543. The van der Waals surface area contributed by atoms with Crippen molar-refractivity contribution in [3.63, 3.8) is 0 Å². The van der Waals surface area contributed by atoms with E-state index in [1.54, 1.807) is 13.1 Å². The van der Waals surface area contributed by atoms with E-state index in [1.807, 2.05) is 12.1 Å². The van der Waals surface area contributed by atoms with Crippen LogP contribution in [0.25, 0.3) is 16.8 Å². The molecule has 1 aliphatic heterocycles. The van der Waals surface area contributed by atoms with Crippen molar-refractivity contribution in [1.29, 1.82) is 0 Å². The lowest BCUT2D eigenvalue weighted by Gasteiger charge is -2.17. The number of fused-ring (bicyclic) bond motifs is 2. The topological polar surface area (TPSA) is 85.7 Å². The molecule has 1 aliphatic rings. The Balaban J connectivity index is 1.78. The number of benzene rings is 1. The van der Waals surface area contributed by atoms with Gasteiger partial charge in [-0.25, -0.2) is 9.31 Å². The van der Waals surface area contributed by atoms with Gasteiger partial charge in [-0.05, 0) is 36.1 Å². The van der Waals surface area contributed by atoms with E-state index in [-0.39, 0.29) is 17.9 Å². The third kappa shape index (κ3) is 2.83. The molecule has 0 aliphatic carbocycles. The second-order valence-electron chi connectivity index (χ2n) is 5.86. The van der Waals surface area contributed by atoms with E-state index in [1.165, 1.54) is 16.1 Å². The molecule has 4 rings (SSSR count). The first-order valence-corrected chi connectivity index (χ1v) is 8.15. The maximum absolute atomic E-state index is 12.4. The molecule has 0 fully saturated rings. The van der Waals surface area contributed by atoms with E-state index in [0.29, 0.717) is 17.8 Å². The molecule has 0 spiro atoms. The standard InChI is InChI=1S/C18H17N3O4/c1-2-25-18(23)14-8-16-17(22)19-15(9-21(16)20-14)12-4-3-11-5-6-24-10-13(11)7-12/h3-4,7-9H,2,5-6,10H2,1H3,(H,19,22). The highest BCUT2D eigenvalue weighted by Gasteiger charge is 2.15. The lowest BCUT2D eigenvalue weighted by atomic mass is 9.99. The van der Waals surface area contributed by atoms with Gasteiger partial charge in [0.25, 0.3) is 5.56 Å². The van der Waals surface area contributed by atoms with Crippen LogP contribution < -0.4 is 5.56 Å². The van der Waals surface area contributed by atoms with E-state index in [0.717, 1.165) is 24.2 Å². The fourth-order valence-electron chi connectivity index (χ4n) is 2.99. The van der Waals surface area contributed by atoms with Gasteiger partial charge in [0.15, 0.2) is 5.69 Å². The smallest absolute Gasteiger partial charge is 0.358 e. The van der Waals surface area contributed by atoms with Crippen molar-refractivity contribution in [3.05, 3.63) is 57.6 Å². The summed E-state index contributed by atoms with van der Waals surface area (Å²) in [5.74, 6) is -0.543. The number of aromatic amines is 1. The van der Waals surface area contributed by atoms with Crippen LogP contribution in [0, 0.1) is 0 Å². The maximum atomic E-state index is 12.4. The molecule has 0 unspecified atom stereocenters. The van der Waals surface area contributed by atoms with Crippen LogP contribution in [0.15, 0.2) is 35.3 Å². The first-order valence-electron chi connectivity index (χ1n) is 8.15. The normalized spacial score (nSPS) is 13.6. The van der Waals surface area contributed by atoms with E-state index >= 15 is 0 Å². The predicted octanol–water partition coefficient (Wildman–Crippen LogP) is 1.94. The van der Waals surface area contributed by atoms with Gasteiger partial charge in [0.2, 0.25) is 0 Å². The fourth-order valence-corrected chi connectivity index (χ4v) is 2.99. The minimum absolute atomic E-state index is 0.114. The zero-order valence-corrected chi connectivity index (χ0v) is 13.7. The van der Waals surface area contributed by atoms with Crippen LogP contribution >= 0.6 is 0 Å². The Morgan fingerprint density at radius 3 is 3.08 bits per heavy atom. The summed E-state index contributed by atoms with van der Waals surface area (Å²) in [6.07, 6.45) is 2.60. The van der Waals surface area contributed by atoms with Crippen LogP contribution in [0.5, 0.6) is 0 Å². The van der Waals surface area contributed by atoms with Gasteiger partial charge in [-0.1, -0.05) is 12.1 Å². The second kappa shape index (κ2) is 6.18. The molecule has 2 aromatic heterocycles. The minimum Gasteiger partial charge on any atom is -0.461 e. The lowest BCUT2D eigenvalue weighted by Crippen LogP contribution is -2.12. The lowest BCUT2D eigenvalue weighted by molar-refractivity contribution is 0.0519. The molecular weight excluding hydrogens is 322 g/mol. The van der Waals surface area contributed by atoms with Gasteiger partial charge in [0.05, 0.1) is 31.7 Å². The number of carbonyl (C=O) groups excluding carboxylic acids is 1. The predicted molar refractivity (Wildman–Crippen MR) is 90.6 cm³/mol. The van der Waals surface area contributed by atoms with Crippen molar-refractivity contribution in [2.24, 2.45) is 0 Å². The Labute approximate surface area is 143 Å². The summed E-state index contributed by atoms with van der Waals surface area (Å²) in [5.41, 5.74) is 3.99. The van der Waals surface area contributed by atoms with Gasteiger partial charge >= 0.3 is 5.97 Å². The van der Waals surface area contributed by atoms with Crippen molar-refractivity contribution in [2.45, 2.75) is 20.0 Å². The molecular formula is C18H17N3O4. The molecule has 0 atom stereocenters. The first kappa shape index (κ1) is 15.6. The summed E-state index contributed by atoms with van der Waals surface area (Å²) in [7, 11) is 0. The number of nitrogens with one attached hydrogen (secondary N) is 1. The molecule has 3 aromatic rings. The number of carbonyl (C=O) groups is 1. The van der Waals surface area contributed by atoms with Gasteiger partial charge in [0, 0.05) is 6.07 Å². The van der Waals surface area contributed by atoms with Crippen molar-refractivity contribution < 1.29 is 14.3 Å². The summed E-state index contributed by atoms with van der Waals surface area (Å²) < 4.78 is 11.8. The highest BCUT2D eigenvalue weighted by Crippen LogP contribution is 2.24. The average Bonchev–Trinajstić information content (AvgIpc) is 3.06. The van der Waals surface area contributed by atoms with Gasteiger partial charge < -0.3 is 14.5 Å². The molecule has 0 amide bonds. The van der Waals surface area contributed by atoms with Gasteiger partial charge in [-0.3, -0.25) is 4.79 Å². The molecule has 0 bridgehead atoms. The van der Waals surface area contributed by atoms with Gasteiger partial charge in [-0.15, -0.1) is 0 Å². The van der Waals surface area contributed by atoms with Gasteiger partial charge in [0.1, 0.15) is 5.52 Å². The second-order valence-corrected chi connectivity index (χ2v) is 5.86. The number of ether oxygens (including phenoxy) is 2. The fraction of sp³-hybridized carbons (Fsp3) is 0.278. The highest BCUT2D eigenvalue weighted by molar-refractivity contribution is 5.88. The Hall–Kier alpha value is -2.93. The summed E-state index contributed by atoms with van der Waals surface area (Å²) >= 11 is 0. The van der Waals surface area contributed by atoms with E-state index in [9.17, 15) is 9.59 Å². The number of rotatable bonds is 3. The van der Waals surface area contributed by atoms with Gasteiger partial charge in [-0.2, -0.15) is 5.10 Å². The molecule has 7 nitrogen and oxygen atoms in total. The van der Waals surface area contributed by atoms with Crippen molar-refractivity contribution in [1.82, 2.24) is 14.6 Å². The molecule has 1 aromatic carbocycles. The van der Waals surface area contributed by atoms with Crippen molar-refractivity contribution in [2.75, 3.05) is 13.2 Å². The summed E-state index contributed by atoms with van der Waals surface area (Å²) in [5, 5.41) is 4.16. The van der Waals surface area contributed by atoms with Crippen LogP contribution in [0.3, 0.4) is 0 Å². The number of esters is 1. The Bertz CT molecular complexity index is 1020. The summed E-state index contributed by atoms with van der Waals surface area (Å²) in [6, 6.07) is 7.47. The summed E-state index contributed by atoms with van der Waals surface area (Å²) in [4.78, 5) is 27.0. The van der Waals surface area contributed by atoms with E-state index in [2.05, 4.69) is 16.1 Å². The largest absolute Gasteiger partial charge is 0.461 e. The van der Waals surface area contributed by atoms with Crippen LogP contribution in [-0.2, 0) is 22.5 Å². The molecule has 0 saturated carbocycles. The average molecular weight is 339 g/mol. The zero-order chi connectivity index (χ0) is 17.4. The molecule has 0 saturated heterocycles. The highest BCUT2D eigenvalue weighted by atomic mass is 16.5. The number of nitrogens with zero attached hydrogens (tertiary/aromatic N) is 2. The third-order valence-electron chi connectivity index (χ3n) is 4.24. The van der Waals surface area contributed by atoms with Crippen molar-refractivity contribution in [3.8, 4) is 11.3 Å². The molecule has 3 heterocycles. The first-order chi connectivity index (χ1) is 12.2.